The Kier molecular flexibility index (Phi) is 9.21. The summed E-state index contributed by atoms with van der Waals surface area (Å²) in [6, 6.07) is 14.2. The van der Waals surface area contributed by atoms with E-state index in [9.17, 15) is 9.90 Å². The minimum Gasteiger partial charge on any atom is -0.481 e. The molecule has 2 N–H and O–H groups in total. The molecule has 1 atom stereocenters. The molecule has 0 aromatic heterocycles. The van der Waals surface area contributed by atoms with Gasteiger partial charge in [-0.15, -0.1) is 0 Å². The number of methoxy groups -OCH3 is 1. The fourth-order valence-electron chi connectivity index (χ4n) is 4.27. The number of anilines is 3. The van der Waals surface area contributed by atoms with E-state index in [1.54, 1.807) is 7.11 Å². The largest absolute Gasteiger partial charge is 0.481 e. The minimum absolute atomic E-state index is 0.0200. The molecular formula is C25H33ClN2O4. The molecule has 174 valence electrons. The number of hydrogen-bond donors (Lipinski definition) is 2. The van der Waals surface area contributed by atoms with Gasteiger partial charge >= 0.3 is 5.97 Å². The van der Waals surface area contributed by atoms with Crippen molar-refractivity contribution < 1.29 is 19.4 Å². The van der Waals surface area contributed by atoms with E-state index >= 15 is 0 Å². The first-order valence-electron chi connectivity index (χ1n) is 11.2. The Balaban J connectivity index is 2.01. The van der Waals surface area contributed by atoms with Crippen LogP contribution >= 0.6 is 11.6 Å². The lowest BCUT2D eigenvalue weighted by Gasteiger charge is -2.37. The summed E-state index contributed by atoms with van der Waals surface area (Å²) < 4.78 is 10.9. The minimum atomic E-state index is -0.835. The Bertz CT molecular complexity index is 869. The second-order valence-corrected chi connectivity index (χ2v) is 8.63. The fraction of sp³-hybridized carbons (Fsp3) is 0.480. The van der Waals surface area contributed by atoms with Crippen molar-refractivity contribution in [2.24, 2.45) is 0 Å². The Hall–Kier alpha value is -2.28. The number of carboxylic acid groups (broad SMARTS) is 1. The van der Waals surface area contributed by atoms with E-state index in [0.717, 1.165) is 61.6 Å². The summed E-state index contributed by atoms with van der Waals surface area (Å²) in [5.41, 5.74) is 3.94. The molecule has 1 aliphatic rings. The molecular weight excluding hydrogens is 428 g/mol. The van der Waals surface area contributed by atoms with E-state index in [-0.39, 0.29) is 12.3 Å². The number of ether oxygens (including phenoxy) is 2. The first-order valence-corrected chi connectivity index (χ1v) is 11.6. The van der Waals surface area contributed by atoms with Gasteiger partial charge in [0.1, 0.15) is 0 Å². The second-order valence-electron chi connectivity index (χ2n) is 8.20. The van der Waals surface area contributed by atoms with Gasteiger partial charge in [0.15, 0.2) is 0 Å². The van der Waals surface area contributed by atoms with Gasteiger partial charge in [0.25, 0.3) is 0 Å². The van der Waals surface area contributed by atoms with Gasteiger partial charge in [-0.2, -0.15) is 0 Å². The zero-order chi connectivity index (χ0) is 22.9. The first kappa shape index (κ1) is 24.4. The summed E-state index contributed by atoms with van der Waals surface area (Å²) >= 11 is 6.07. The highest BCUT2D eigenvalue weighted by atomic mass is 35.5. The number of benzene rings is 2. The molecule has 2 aromatic carbocycles. The van der Waals surface area contributed by atoms with Crippen LogP contribution in [0.5, 0.6) is 0 Å². The van der Waals surface area contributed by atoms with E-state index in [4.69, 9.17) is 21.1 Å². The zero-order valence-electron chi connectivity index (χ0n) is 18.9. The molecule has 1 saturated heterocycles. The monoisotopic (exact) mass is 460 g/mol. The maximum absolute atomic E-state index is 11.4. The highest BCUT2D eigenvalue weighted by Gasteiger charge is 2.25. The number of carboxylic acids is 1. The maximum atomic E-state index is 11.4. The van der Waals surface area contributed by atoms with Crippen molar-refractivity contribution in [2.45, 2.75) is 44.6 Å². The molecule has 0 bridgehead atoms. The molecule has 6 nitrogen and oxygen atoms in total. The Morgan fingerprint density at radius 2 is 1.97 bits per heavy atom. The van der Waals surface area contributed by atoms with Crippen molar-refractivity contribution in [3.63, 3.8) is 0 Å². The molecule has 0 aliphatic carbocycles. The average Bonchev–Trinajstić information content (AvgIpc) is 2.79. The van der Waals surface area contributed by atoms with Crippen LogP contribution in [0.3, 0.4) is 0 Å². The topological polar surface area (TPSA) is 71.0 Å². The van der Waals surface area contributed by atoms with E-state index in [2.05, 4.69) is 29.3 Å². The molecule has 1 aliphatic heterocycles. The van der Waals surface area contributed by atoms with Crippen LogP contribution in [-0.4, -0.2) is 50.6 Å². The van der Waals surface area contributed by atoms with Crippen molar-refractivity contribution in [3.05, 3.63) is 53.1 Å². The van der Waals surface area contributed by atoms with Crippen molar-refractivity contribution in [2.75, 3.05) is 43.7 Å². The van der Waals surface area contributed by atoms with Crippen LogP contribution in [0, 0.1) is 0 Å². The fourth-order valence-corrected chi connectivity index (χ4v) is 4.40. The predicted molar refractivity (Wildman–Crippen MR) is 130 cm³/mol. The van der Waals surface area contributed by atoms with Crippen molar-refractivity contribution >= 4 is 34.6 Å². The van der Waals surface area contributed by atoms with Crippen LogP contribution in [0.2, 0.25) is 5.02 Å². The van der Waals surface area contributed by atoms with Gasteiger partial charge in [-0.25, -0.2) is 0 Å². The smallest absolute Gasteiger partial charge is 0.304 e. The van der Waals surface area contributed by atoms with Crippen LogP contribution in [0.25, 0.3) is 0 Å². The lowest BCUT2D eigenvalue weighted by molar-refractivity contribution is -0.137. The third-order valence-electron chi connectivity index (χ3n) is 5.81. The van der Waals surface area contributed by atoms with Crippen LogP contribution in [-0.2, 0) is 14.3 Å². The van der Waals surface area contributed by atoms with Crippen LogP contribution in [0.15, 0.2) is 42.5 Å². The number of hydrogen-bond acceptors (Lipinski definition) is 5. The van der Waals surface area contributed by atoms with E-state index in [0.29, 0.717) is 17.7 Å². The van der Waals surface area contributed by atoms with E-state index in [1.807, 2.05) is 30.3 Å². The van der Waals surface area contributed by atoms with Crippen molar-refractivity contribution in [1.29, 1.82) is 0 Å². The van der Waals surface area contributed by atoms with E-state index in [1.165, 1.54) is 0 Å². The molecule has 3 rings (SSSR count). The Morgan fingerprint density at radius 1 is 1.25 bits per heavy atom. The Labute approximate surface area is 195 Å². The SMILES string of the molecule is CCCN(c1ccc([C@H](COC)CC(=O)O)cc1Nc1ccc(Cl)cc1)C1CCOCC1. The standard InChI is InChI=1S/C25H33ClN2O4/c1-3-12-28(22-10-13-32-14-11-22)24-9-4-18(19(17-31-2)16-25(29)30)15-23(24)27-21-7-5-20(26)6-8-21/h4-9,15,19,22,27H,3,10-14,16-17H2,1-2H3,(H,29,30)/t19-/m0/s1. The molecule has 1 heterocycles. The third kappa shape index (κ3) is 6.61. The van der Waals surface area contributed by atoms with Crippen LogP contribution < -0.4 is 10.2 Å². The summed E-state index contributed by atoms with van der Waals surface area (Å²) in [7, 11) is 1.60. The maximum Gasteiger partial charge on any atom is 0.304 e. The molecule has 0 saturated carbocycles. The lowest BCUT2D eigenvalue weighted by Crippen LogP contribution is -2.40. The van der Waals surface area contributed by atoms with Gasteiger partial charge in [-0.1, -0.05) is 24.6 Å². The van der Waals surface area contributed by atoms with Gasteiger partial charge in [-0.3, -0.25) is 4.79 Å². The summed E-state index contributed by atoms with van der Waals surface area (Å²) in [5.74, 6) is -1.06. The molecule has 7 heteroatoms. The number of aliphatic carboxylic acids is 1. The van der Waals surface area contributed by atoms with Crippen LogP contribution in [0.1, 0.15) is 44.1 Å². The summed E-state index contributed by atoms with van der Waals surface area (Å²) in [5, 5.41) is 13.6. The zero-order valence-corrected chi connectivity index (χ0v) is 19.6. The summed E-state index contributed by atoms with van der Waals surface area (Å²) in [6.07, 6.45) is 3.04. The number of halogens is 1. The van der Waals surface area contributed by atoms with Crippen molar-refractivity contribution in [1.82, 2.24) is 0 Å². The lowest BCUT2D eigenvalue weighted by atomic mass is 9.94. The first-order chi connectivity index (χ1) is 15.5. The quantitative estimate of drug-likeness (QED) is 0.449. The molecule has 0 unspecified atom stereocenters. The molecule has 0 spiro atoms. The summed E-state index contributed by atoms with van der Waals surface area (Å²) in [4.78, 5) is 13.9. The van der Waals surface area contributed by atoms with Gasteiger partial charge in [0.2, 0.25) is 0 Å². The third-order valence-corrected chi connectivity index (χ3v) is 6.06. The predicted octanol–water partition coefficient (Wildman–Crippen LogP) is 5.68. The highest BCUT2D eigenvalue weighted by molar-refractivity contribution is 6.30. The molecule has 1 fully saturated rings. The number of nitrogens with zero attached hydrogens (tertiary/aromatic N) is 1. The van der Waals surface area contributed by atoms with Gasteiger partial charge in [-0.05, 0) is 61.2 Å². The number of nitrogens with one attached hydrogen (secondary N) is 1. The number of carbonyl (C=O) groups is 1. The molecule has 0 radical (unpaired) electrons. The van der Waals surface area contributed by atoms with Crippen LogP contribution in [0.4, 0.5) is 17.1 Å². The van der Waals surface area contributed by atoms with Crippen molar-refractivity contribution in [3.8, 4) is 0 Å². The summed E-state index contributed by atoms with van der Waals surface area (Å²) in [6.45, 7) is 5.03. The average molecular weight is 461 g/mol. The Morgan fingerprint density at radius 3 is 2.59 bits per heavy atom. The number of rotatable bonds is 11. The van der Waals surface area contributed by atoms with Gasteiger partial charge < -0.3 is 24.8 Å². The molecule has 2 aromatic rings. The highest BCUT2D eigenvalue weighted by Crippen LogP contribution is 2.36. The normalized spacial score (nSPS) is 15.3. The molecule has 0 amide bonds. The van der Waals surface area contributed by atoms with E-state index < -0.39 is 5.97 Å². The van der Waals surface area contributed by atoms with Gasteiger partial charge in [0.05, 0.1) is 24.4 Å². The molecule has 32 heavy (non-hydrogen) atoms. The van der Waals surface area contributed by atoms with Gasteiger partial charge in [0, 0.05) is 49.5 Å². The second kappa shape index (κ2) is 12.1.